The Bertz CT molecular complexity index is 603. The SMILES string of the molecule is CC(C)C(NC(=O)C(CS)NC(=O)C(N)CC(=O)O)C(=O)NC(CS)C(=O)O. The standard InChI is InChI=1S/C15H26N4O7S2/c1-6(2)11(14(24)18-9(5-28)15(25)26)19-13(23)8(4-27)17-12(22)7(16)3-10(20)21/h6-9,11,27-28H,3-5,16H2,1-2H3,(H,17,22)(H,18,24)(H,19,23)(H,20,21)(H,25,26). The van der Waals surface area contributed by atoms with Gasteiger partial charge in [0.2, 0.25) is 17.7 Å². The van der Waals surface area contributed by atoms with Crippen LogP contribution >= 0.6 is 25.3 Å². The molecule has 0 fully saturated rings. The predicted molar refractivity (Wildman–Crippen MR) is 106 cm³/mol. The van der Waals surface area contributed by atoms with Gasteiger partial charge >= 0.3 is 11.9 Å². The van der Waals surface area contributed by atoms with Crippen LogP contribution in [0.4, 0.5) is 0 Å². The van der Waals surface area contributed by atoms with Crippen molar-refractivity contribution in [3.05, 3.63) is 0 Å². The van der Waals surface area contributed by atoms with Crippen LogP contribution in [0, 0.1) is 5.92 Å². The Morgan fingerprint density at radius 2 is 1.36 bits per heavy atom. The second kappa shape index (κ2) is 12.5. The summed E-state index contributed by atoms with van der Waals surface area (Å²) in [6.07, 6.45) is -0.621. The summed E-state index contributed by atoms with van der Waals surface area (Å²) in [6.45, 7) is 3.27. The molecule has 0 aliphatic heterocycles. The van der Waals surface area contributed by atoms with E-state index in [4.69, 9.17) is 15.9 Å². The Morgan fingerprint density at radius 1 is 0.857 bits per heavy atom. The third kappa shape index (κ3) is 8.80. The average Bonchev–Trinajstić information content (AvgIpc) is 2.60. The molecule has 7 N–H and O–H groups in total. The van der Waals surface area contributed by atoms with Crippen LogP contribution in [-0.2, 0) is 24.0 Å². The van der Waals surface area contributed by atoms with Crippen molar-refractivity contribution in [1.82, 2.24) is 16.0 Å². The minimum Gasteiger partial charge on any atom is -0.481 e. The molecule has 0 aliphatic carbocycles. The maximum atomic E-state index is 12.4. The molecule has 0 aromatic rings. The maximum Gasteiger partial charge on any atom is 0.327 e. The third-order valence-electron chi connectivity index (χ3n) is 3.59. The summed E-state index contributed by atoms with van der Waals surface area (Å²) >= 11 is 7.82. The zero-order valence-electron chi connectivity index (χ0n) is 15.4. The van der Waals surface area contributed by atoms with Crippen LogP contribution in [0.2, 0.25) is 0 Å². The van der Waals surface area contributed by atoms with E-state index in [9.17, 15) is 24.0 Å². The highest BCUT2D eigenvalue weighted by molar-refractivity contribution is 7.80. The van der Waals surface area contributed by atoms with E-state index in [2.05, 4.69) is 41.2 Å². The average molecular weight is 439 g/mol. The van der Waals surface area contributed by atoms with E-state index >= 15 is 0 Å². The monoisotopic (exact) mass is 438 g/mol. The molecule has 160 valence electrons. The van der Waals surface area contributed by atoms with E-state index in [1.54, 1.807) is 13.8 Å². The third-order valence-corrected chi connectivity index (χ3v) is 4.32. The van der Waals surface area contributed by atoms with Crippen LogP contribution in [0.3, 0.4) is 0 Å². The van der Waals surface area contributed by atoms with E-state index in [0.29, 0.717) is 0 Å². The number of thiol groups is 2. The Balaban J connectivity index is 5.09. The maximum absolute atomic E-state index is 12.4. The lowest BCUT2D eigenvalue weighted by molar-refractivity contribution is -0.141. The van der Waals surface area contributed by atoms with Crippen molar-refractivity contribution >= 4 is 54.9 Å². The van der Waals surface area contributed by atoms with Gasteiger partial charge in [0.15, 0.2) is 0 Å². The van der Waals surface area contributed by atoms with Gasteiger partial charge in [0, 0.05) is 11.5 Å². The first-order valence-corrected chi connectivity index (χ1v) is 9.54. The Morgan fingerprint density at radius 3 is 1.75 bits per heavy atom. The summed E-state index contributed by atoms with van der Waals surface area (Å²) < 4.78 is 0. The van der Waals surface area contributed by atoms with Gasteiger partial charge in [-0.1, -0.05) is 13.8 Å². The largest absolute Gasteiger partial charge is 0.481 e. The molecule has 4 unspecified atom stereocenters. The molecule has 4 atom stereocenters. The minimum absolute atomic E-state index is 0.141. The molecule has 0 rings (SSSR count). The predicted octanol–water partition coefficient (Wildman–Crippen LogP) is -2.16. The number of carboxylic acid groups (broad SMARTS) is 2. The van der Waals surface area contributed by atoms with Crippen LogP contribution in [0.25, 0.3) is 0 Å². The lowest BCUT2D eigenvalue weighted by Crippen LogP contribution is -2.59. The fourth-order valence-electron chi connectivity index (χ4n) is 1.99. The highest BCUT2D eigenvalue weighted by atomic mass is 32.1. The van der Waals surface area contributed by atoms with Gasteiger partial charge in [0.05, 0.1) is 12.5 Å². The molecular formula is C15H26N4O7S2. The van der Waals surface area contributed by atoms with Crippen molar-refractivity contribution in [3.63, 3.8) is 0 Å². The zero-order chi connectivity index (χ0) is 22.0. The molecule has 0 aromatic heterocycles. The number of aliphatic carboxylic acids is 2. The normalized spacial score (nSPS) is 15.1. The van der Waals surface area contributed by atoms with Crippen LogP contribution in [0.5, 0.6) is 0 Å². The minimum atomic E-state index is -1.36. The van der Waals surface area contributed by atoms with Crippen molar-refractivity contribution in [1.29, 1.82) is 0 Å². The van der Waals surface area contributed by atoms with Gasteiger partial charge in [-0.2, -0.15) is 25.3 Å². The summed E-state index contributed by atoms with van der Waals surface area (Å²) in [5.41, 5.74) is 5.44. The van der Waals surface area contributed by atoms with E-state index < -0.39 is 66.2 Å². The molecule has 0 aliphatic rings. The van der Waals surface area contributed by atoms with Crippen molar-refractivity contribution in [3.8, 4) is 0 Å². The number of carboxylic acids is 2. The first kappa shape index (κ1) is 26.0. The zero-order valence-corrected chi connectivity index (χ0v) is 17.2. The van der Waals surface area contributed by atoms with Gasteiger partial charge in [-0.25, -0.2) is 4.79 Å². The number of carbonyl (C=O) groups is 5. The first-order valence-electron chi connectivity index (χ1n) is 8.27. The second-order valence-corrected chi connectivity index (χ2v) is 6.99. The molecule has 11 nitrogen and oxygen atoms in total. The summed E-state index contributed by atoms with van der Waals surface area (Å²) in [6, 6.07) is -4.85. The first-order chi connectivity index (χ1) is 12.9. The van der Waals surface area contributed by atoms with Crippen LogP contribution < -0.4 is 21.7 Å². The van der Waals surface area contributed by atoms with E-state index in [0.717, 1.165) is 0 Å². The van der Waals surface area contributed by atoms with Gasteiger partial charge in [-0.3, -0.25) is 19.2 Å². The van der Waals surface area contributed by atoms with Gasteiger partial charge in [-0.05, 0) is 5.92 Å². The lowest BCUT2D eigenvalue weighted by atomic mass is 10.0. The summed E-state index contributed by atoms with van der Waals surface area (Å²) in [4.78, 5) is 58.3. The lowest BCUT2D eigenvalue weighted by Gasteiger charge is -2.26. The molecule has 0 bridgehead atoms. The summed E-state index contributed by atoms with van der Waals surface area (Å²) in [7, 11) is 0. The van der Waals surface area contributed by atoms with Crippen molar-refractivity contribution in [2.45, 2.75) is 44.4 Å². The Hall–Kier alpha value is -1.99. The van der Waals surface area contributed by atoms with Crippen LogP contribution in [0.15, 0.2) is 0 Å². The van der Waals surface area contributed by atoms with Gasteiger partial charge in [0.1, 0.15) is 18.1 Å². The van der Waals surface area contributed by atoms with Crippen molar-refractivity contribution < 1.29 is 34.2 Å². The van der Waals surface area contributed by atoms with Crippen LogP contribution in [-0.4, -0.2) is 75.5 Å². The quantitative estimate of drug-likeness (QED) is 0.158. The highest BCUT2D eigenvalue weighted by Gasteiger charge is 2.31. The molecule has 13 heteroatoms. The number of nitrogens with two attached hydrogens (primary N) is 1. The highest BCUT2D eigenvalue weighted by Crippen LogP contribution is 2.05. The van der Waals surface area contributed by atoms with Crippen molar-refractivity contribution in [2.24, 2.45) is 11.7 Å². The van der Waals surface area contributed by atoms with Gasteiger partial charge < -0.3 is 31.9 Å². The Kier molecular flexibility index (Phi) is 11.6. The number of hydrogen-bond donors (Lipinski definition) is 8. The number of carbonyl (C=O) groups excluding carboxylic acids is 3. The van der Waals surface area contributed by atoms with E-state index in [1.165, 1.54) is 0 Å². The molecule has 0 heterocycles. The number of nitrogens with one attached hydrogen (secondary N) is 3. The van der Waals surface area contributed by atoms with Gasteiger partial charge in [0.25, 0.3) is 0 Å². The number of amides is 3. The number of hydrogen-bond acceptors (Lipinski definition) is 8. The van der Waals surface area contributed by atoms with E-state index in [1.807, 2.05) is 0 Å². The summed E-state index contributed by atoms with van der Waals surface area (Å²) in [5.74, 6) is -5.57. The van der Waals surface area contributed by atoms with Gasteiger partial charge in [-0.15, -0.1) is 0 Å². The van der Waals surface area contributed by atoms with Crippen molar-refractivity contribution in [2.75, 3.05) is 11.5 Å². The van der Waals surface area contributed by atoms with Crippen LogP contribution in [0.1, 0.15) is 20.3 Å². The molecule has 0 saturated heterocycles. The smallest absolute Gasteiger partial charge is 0.327 e. The molecule has 0 saturated carbocycles. The molecular weight excluding hydrogens is 412 g/mol. The summed E-state index contributed by atoms with van der Waals surface area (Å²) in [5, 5.41) is 24.6. The van der Waals surface area contributed by atoms with E-state index in [-0.39, 0.29) is 11.5 Å². The fourth-order valence-corrected chi connectivity index (χ4v) is 2.49. The molecule has 0 radical (unpaired) electrons. The Labute approximate surface area is 173 Å². The topological polar surface area (TPSA) is 188 Å². The fraction of sp³-hybridized carbons (Fsp3) is 0.667. The molecule has 0 aromatic carbocycles. The molecule has 3 amide bonds. The second-order valence-electron chi connectivity index (χ2n) is 6.26. The molecule has 28 heavy (non-hydrogen) atoms. The molecule has 0 spiro atoms. The number of rotatable bonds is 12.